The molecule has 7 nitrogen and oxygen atoms in total. The van der Waals surface area contributed by atoms with E-state index in [0.717, 1.165) is 50.4 Å². The summed E-state index contributed by atoms with van der Waals surface area (Å²) in [5.41, 5.74) is 7.75. The van der Waals surface area contributed by atoms with Crippen LogP contribution in [0.2, 0.25) is 0 Å². The lowest BCUT2D eigenvalue weighted by atomic mass is 9.95. The molecule has 0 bridgehead atoms. The molecule has 198 valence electrons. The zero-order valence-electron chi connectivity index (χ0n) is 22.2. The van der Waals surface area contributed by atoms with Gasteiger partial charge >= 0.3 is 5.97 Å². The van der Waals surface area contributed by atoms with Crippen LogP contribution in [0.5, 0.6) is 5.75 Å². The van der Waals surface area contributed by atoms with E-state index < -0.39 is 5.97 Å². The Balaban J connectivity index is 1.33. The van der Waals surface area contributed by atoms with E-state index in [1.54, 1.807) is 30.6 Å². The maximum Gasteiger partial charge on any atom is 0.335 e. The van der Waals surface area contributed by atoms with Gasteiger partial charge in [-0.05, 0) is 73.0 Å². The number of benzene rings is 4. The molecule has 2 heterocycles. The fourth-order valence-electron chi connectivity index (χ4n) is 5.00. The van der Waals surface area contributed by atoms with E-state index >= 15 is 0 Å². The zero-order valence-corrected chi connectivity index (χ0v) is 22.2. The number of nitrogens with zero attached hydrogens (tertiary/aromatic N) is 4. The lowest BCUT2D eigenvalue weighted by Gasteiger charge is -2.24. The fourth-order valence-corrected chi connectivity index (χ4v) is 5.00. The third kappa shape index (κ3) is 5.14. The van der Waals surface area contributed by atoms with Gasteiger partial charge in [0.2, 0.25) is 0 Å². The zero-order chi connectivity index (χ0) is 27.6. The van der Waals surface area contributed by atoms with E-state index in [2.05, 4.69) is 46.4 Å². The van der Waals surface area contributed by atoms with Crippen molar-refractivity contribution in [3.63, 3.8) is 0 Å². The number of ether oxygens (including phenoxy) is 1. The predicted octanol–water partition coefficient (Wildman–Crippen LogP) is 7.14. The normalized spacial score (nSPS) is 14.9. The molecule has 4 aromatic carbocycles. The molecular weight excluding hydrogens is 500 g/mol. The maximum absolute atomic E-state index is 11.7. The number of aromatic nitrogens is 2. The Hall–Kier alpha value is -5.04. The Morgan fingerprint density at radius 3 is 2.23 bits per heavy atom. The van der Waals surface area contributed by atoms with Crippen LogP contribution >= 0.6 is 0 Å². The number of carboxylic acids is 1. The summed E-state index contributed by atoms with van der Waals surface area (Å²) in [4.78, 5) is 20.5. The number of hydrogen-bond donors (Lipinski definition) is 1. The average Bonchev–Trinajstić information content (AvgIpc) is 3.43. The molecule has 1 aromatic heterocycles. The van der Waals surface area contributed by atoms with Gasteiger partial charge in [-0.15, -0.1) is 0 Å². The van der Waals surface area contributed by atoms with Gasteiger partial charge in [-0.1, -0.05) is 48.5 Å². The minimum Gasteiger partial charge on any atom is -0.491 e. The highest BCUT2D eigenvalue weighted by atomic mass is 16.5. The van der Waals surface area contributed by atoms with Gasteiger partial charge in [0.1, 0.15) is 5.75 Å². The third-order valence-corrected chi connectivity index (χ3v) is 6.93. The second-order valence-electron chi connectivity index (χ2n) is 10.0. The standard InChI is InChI=1S/C33H28N4O3/c1-21(2)40-28-13-10-23(11-14-28)22-6-8-24(9-7-22)32-20-30(25-12-15-29-31(19-25)35-17-16-34-29)36-37(32)27-5-3-4-26(18-27)33(38)39/h3-19,21,32H,20H2,1-2H3,(H,38,39). The van der Waals surface area contributed by atoms with Crippen LogP contribution in [-0.4, -0.2) is 32.9 Å². The first-order valence-corrected chi connectivity index (χ1v) is 13.2. The van der Waals surface area contributed by atoms with E-state index in [1.165, 1.54) is 0 Å². The summed E-state index contributed by atoms with van der Waals surface area (Å²) in [5.74, 6) is -0.117. The highest BCUT2D eigenvalue weighted by Gasteiger charge is 2.30. The van der Waals surface area contributed by atoms with Crippen molar-refractivity contribution in [1.82, 2.24) is 9.97 Å². The molecule has 6 rings (SSSR count). The Kier molecular flexibility index (Phi) is 6.70. The van der Waals surface area contributed by atoms with Crippen LogP contribution in [0.25, 0.3) is 22.2 Å². The van der Waals surface area contributed by atoms with E-state index in [-0.39, 0.29) is 17.7 Å². The summed E-state index contributed by atoms with van der Waals surface area (Å²) in [6.07, 6.45) is 4.15. The van der Waals surface area contributed by atoms with Crippen LogP contribution in [0, 0.1) is 0 Å². The van der Waals surface area contributed by atoms with Crippen molar-refractivity contribution in [3.05, 3.63) is 120 Å². The van der Waals surface area contributed by atoms with Crippen LogP contribution in [-0.2, 0) is 0 Å². The molecule has 5 aromatic rings. The molecule has 7 heteroatoms. The number of hydrazone groups is 1. The predicted molar refractivity (Wildman–Crippen MR) is 157 cm³/mol. The molecule has 0 aliphatic carbocycles. The average molecular weight is 529 g/mol. The van der Waals surface area contributed by atoms with Gasteiger partial charge in [0.05, 0.1) is 40.1 Å². The first-order chi connectivity index (χ1) is 19.4. The molecule has 1 aliphatic heterocycles. The number of rotatable bonds is 7. The van der Waals surface area contributed by atoms with Gasteiger partial charge in [0.25, 0.3) is 0 Å². The molecule has 40 heavy (non-hydrogen) atoms. The molecule has 1 atom stereocenters. The quantitative estimate of drug-likeness (QED) is 0.242. The molecule has 0 radical (unpaired) electrons. The number of carbonyl (C=O) groups is 1. The van der Waals surface area contributed by atoms with Crippen LogP contribution < -0.4 is 9.75 Å². The molecule has 0 amide bonds. The Morgan fingerprint density at radius 1 is 0.850 bits per heavy atom. The number of hydrogen-bond acceptors (Lipinski definition) is 6. The topological polar surface area (TPSA) is 87.9 Å². The SMILES string of the molecule is CC(C)Oc1ccc(-c2ccc(C3CC(c4ccc5nccnc5c4)=NN3c3cccc(C(=O)O)c3)cc2)cc1. The van der Waals surface area contributed by atoms with Crippen LogP contribution in [0.15, 0.2) is 108 Å². The van der Waals surface area contributed by atoms with Crippen LogP contribution in [0.1, 0.15) is 47.8 Å². The molecule has 1 N–H and O–H groups in total. The van der Waals surface area contributed by atoms with Crippen LogP contribution in [0.4, 0.5) is 5.69 Å². The van der Waals surface area contributed by atoms with E-state index in [0.29, 0.717) is 6.42 Å². The summed E-state index contributed by atoms with van der Waals surface area (Å²) in [6.45, 7) is 4.03. The third-order valence-electron chi connectivity index (χ3n) is 6.93. The van der Waals surface area contributed by atoms with Gasteiger partial charge < -0.3 is 9.84 Å². The molecular formula is C33H28N4O3. The number of anilines is 1. The second kappa shape index (κ2) is 10.6. The number of fused-ring (bicyclic) bond motifs is 1. The molecule has 0 saturated carbocycles. The molecule has 1 unspecified atom stereocenters. The summed E-state index contributed by atoms with van der Waals surface area (Å²) < 4.78 is 5.78. The monoisotopic (exact) mass is 528 g/mol. The maximum atomic E-state index is 11.7. The first kappa shape index (κ1) is 25.2. The summed E-state index contributed by atoms with van der Waals surface area (Å²) in [7, 11) is 0. The van der Waals surface area contributed by atoms with Crippen molar-refractivity contribution in [2.24, 2.45) is 5.10 Å². The van der Waals surface area contributed by atoms with Gasteiger partial charge in [0, 0.05) is 24.4 Å². The molecule has 0 fully saturated rings. The van der Waals surface area contributed by atoms with Gasteiger partial charge in [-0.25, -0.2) is 4.79 Å². The lowest BCUT2D eigenvalue weighted by Crippen LogP contribution is -2.19. The second-order valence-corrected chi connectivity index (χ2v) is 10.0. The summed E-state index contributed by atoms with van der Waals surface area (Å²) >= 11 is 0. The van der Waals surface area contributed by atoms with E-state index in [1.807, 2.05) is 55.3 Å². The van der Waals surface area contributed by atoms with Crippen molar-refractivity contribution in [2.75, 3.05) is 5.01 Å². The first-order valence-electron chi connectivity index (χ1n) is 13.2. The van der Waals surface area contributed by atoms with Gasteiger partial charge in [-0.2, -0.15) is 5.10 Å². The minimum absolute atomic E-state index is 0.104. The van der Waals surface area contributed by atoms with Crippen molar-refractivity contribution in [3.8, 4) is 16.9 Å². The van der Waals surface area contributed by atoms with Crippen molar-refractivity contribution in [1.29, 1.82) is 0 Å². The Bertz CT molecular complexity index is 1710. The van der Waals surface area contributed by atoms with Crippen molar-refractivity contribution >= 4 is 28.4 Å². The largest absolute Gasteiger partial charge is 0.491 e. The van der Waals surface area contributed by atoms with E-state index in [4.69, 9.17) is 9.84 Å². The van der Waals surface area contributed by atoms with E-state index in [9.17, 15) is 9.90 Å². The van der Waals surface area contributed by atoms with Crippen molar-refractivity contribution < 1.29 is 14.6 Å². The lowest BCUT2D eigenvalue weighted by molar-refractivity contribution is 0.0697. The van der Waals surface area contributed by atoms with Gasteiger partial charge in [-0.3, -0.25) is 15.0 Å². The van der Waals surface area contributed by atoms with Crippen molar-refractivity contribution in [2.45, 2.75) is 32.4 Å². The minimum atomic E-state index is -0.968. The number of aromatic carboxylic acids is 1. The number of carboxylic acid groups (broad SMARTS) is 1. The summed E-state index contributed by atoms with van der Waals surface area (Å²) in [6, 6.07) is 29.4. The fraction of sp³-hybridized carbons (Fsp3) is 0.152. The molecule has 0 saturated heterocycles. The Labute approximate surface area is 232 Å². The molecule has 1 aliphatic rings. The Morgan fingerprint density at radius 2 is 1.52 bits per heavy atom. The smallest absolute Gasteiger partial charge is 0.335 e. The van der Waals surface area contributed by atoms with Crippen LogP contribution in [0.3, 0.4) is 0 Å². The molecule has 0 spiro atoms. The summed E-state index contributed by atoms with van der Waals surface area (Å²) in [5, 5.41) is 16.5. The highest BCUT2D eigenvalue weighted by molar-refractivity contribution is 6.05. The van der Waals surface area contributed by atoms with Gasteiger partial charge in [0.15, 0.2) is 0 Å². The highest BCUT2D eigenvalue weighted by Crippen LogP contribution is 2.38.